The van der Waals surface area contributed by atoms with Gasteiger partial charge < -0.3 is 10.4 Å². The number of benzene rings is 2. The monoisotopic (exact) mass is 360 g/mol. The molecule has 5 nitrogen and oxygen atoms in total. The fourth-order valence-electron chi connectivity index (χ4n) is 4.83. The molecule has 0 radical (unpaired) electrons. The molecule has 2 aromatic carbocycles. The number of hydrogen-bond donors (Lipinski definition) is 2. The number of nitrogens with zero attached hydrogens (tertiary/aromatic N) is 3. The van der Waals surface area contributed by atoms with Crippen LogP contribution < -0.4 is 5.32 Å². The molecule has 0 bridgehead atoms. The topological polar surface area (TPSA) is 63.0 Å². The first-order valence-electron chi connectivity index (χ1n) is 9.66. The average Bonchev–Trinajstić information content (AvgIpc) is 3.26. The lowest BCUT2D eigenvalue weighted by Crippen LogP contribution is -2.47. The zero-order chi connectivity index (χ0) is 18.4. The highest BCUT2D eigenvalue weighted by Gasteiger charge is 2.52. The van der Waals surface area contributed by atoms with Gasteiger partial charge in [-0.15, -0.1) is 5.10 Å². The molecule has 1 aromatic heterocycles. The van der Waals surface area contributed by atoms with Crippen LogP contribution in [0, 0.1) is 6.92 Å². The quantitative estimate of drug-likeness (QED) is 0.738. The van der Waals surface area contributed by atoms with Crippen LogP contribution in [0.1, 0.15) is 35.6 Å². The highest BCUT2D eigenvalue weighted by atomic mass is 16.3. The van der Waals surface area contributed by atoms with Gasteiger partial charge in [-0.1, -0.05) is 59.3 Å². The molecule has 2 aliphatic rings. The number of aliphatic hydroxyl groups is 1. The molecule has 3 aromatic rings. The van der Waals surface area contributed by atoms with E-state index in [2.05, 4.69) is 71.1 Å². The Kier molecular flexibility index (Phi) is 3.88. The van der Waals surface area contributed by atoms with Gasteiger partial charge >= 0.3 is 0 Å². The van der Waals surface area contributed by atoms with E-state index in [1.54, 1.807) is 0 Å². The van der Waals surface area contributed by atoms with E-state index in [4.69, 9.17) is 0 Å². The van der Waals surface area contributed by atoms with Crippen molar-refractivity contribution in [2.75, 3.05) is 13.1 Å². The third kappa shape index (κ3) is 2.53. The molecule has 0 saturated carbocycles. The maximum absolute atomic E-state index is 11.4. The van der Waals surface area contributed by atoms with Crippen LogP contribution >= 0.6 is 0 Å². The molecular formula is C22H24N4O. The number of hydrogen-bond acceptors (Lipinski definition) is 4. The minimum Gasteiger partial charge on any atom is -0.390 e. The number of aliphatic hydroxyl groups excluding tert-OH is 1. The van der Waals surface area contributed by atoms with Crippen LogP contribution in [0.5, 0.6) is 0 Å². The van der Waals surface area contributed by atoms with Crippen LogP contribution in [-0.4, -0.2) is 39.3 Å². The normalized spacial score (nSPS) is 23.5. The Labute approximate surface area is 159 Å². The Morgan fingerprint density at radius 3 is 2.59 bits per heavy atom. The summed E-state index contributed by atoms with van der Waals surface area (Å²) in [4.78, 5) is 0. The van der Waals surface area contributed by atoms with Gasteiger partial charge in [0.25, 0.3) is 0 Å². The summed E-state index contributed by atoms with van der Waals surface area (Å²) in [7, 11) is 0. The zero-order valence-electron chi connectivity index (χ0n) is 15.5. The summed E-state index contributed by atoms with van der Waals surface area (Å²) >= 11 is 0. The fraction of sp³-hybridized carbons (Fsp3) is 0.364. The number of nitrogens with one attached hydrogen (secondary N) is 1. The third-order valence-corrected chi connectivity index (χ3v) is 6.32. The molecule has 138 valence electrons. The lowest BCUT2D eigenvalue weighted by molar-refractivity contribution is 0.0421. The molecule has 5 heteroatoms. The largest absolute Gasteiger partial charge is 0.390 e. The van der Waals surface area contributed by atoms with Crippen molar-refractivity contribution in [2.24, 2.45) is 0 Å². The first kappa shape index (κ1) is 16.7. The molecule has 1 fully saturated rings. The van der Waals surface area contributed by atoms with Gasteiger partial charge in [0.2, 0.25) is 0 Å². The van der Waals surface area contributed by atoms with Gasteiger partial charge in [-0.2, -0.15) is 0 Å². The summed E-state index contributed by atoms with van der Waals surface area (Å²) in [5.41, 5.74) is 5.36. The van der Waals surface area contributed by atoms with Gasteiger partial charge in [0.05, 0.1) is 12.3 Å². The van der Waals surface area contributed by atoms with Crippen molar-refractivity contribution < 1.29 is 5.11 Å². The lowest BCUT2D eigenvalue weighted by Gasteiger charge is -2.38. The van der Waals surface area contributed by atoms with Crippen molar-refractivity contribution in [2.45, 2.75) is 37.3 Å². The smallest absolute Gasteiger partial charge is 0.113 e. The van der Waals surface area contributed by atoms with Crippen LogP contribution in [0.2, 0.25) is 0 Å². The first-order valence-corrected chi connectivity index (χ1v) is 9.66. The molecule has 1 aliphatic heterocycles. The van der Waals surface area contributed by atoms with Gasteiger partial charge in [-0.05, 0) is 44.0 Å². The third-order valence-electron chi connectivity index (χ3n) is 6.32. The summed E-state index contributed by atoms with van der Waals surface area (Å²) < 4.78 is 1.86. The molecule has 1 saturated heterocycles. The maximum Gasteiger partial charge on any atom is 0.113 e. The van der Waals surface area contributed by atoms with Crippen LogP contribution in [0.15, 0.2) is 54.7 Å². The van der Waals surface area contributed by atoms with Crippen LogP contribution in [-0.2, 0) is 5.41 Å². The van der Waals surface area contributed by atoms with Crippen molar-refractivity contribution in [1.29, 1.82) is 0 Å². The average molecular weight is 360 g/mol. The SMILES string of the molecule is Cc1ccc(-c2cn(C3c4ccccc4C4(CCNCC4)C3O)nn2)cc1. The molecule has 2 heterocycles. The highest BCUT2D eigenvalue weighted by Crippen LogP contribution is 2.51. The van der Waals surface area contributed by atoms with E-state index in [0.29, 0.717) is 0 Å². The van der Waals surface area contributed by atoms with Crippen LogP contribution in [0.25, 0.3) is 11.3 Å². The molecule has 27 heavy (non-hydrogen) atoms. The predicted octanol–water partition coefficient (Wildman–Crippen LogP) is 2.84. The summed E-state index contributed by atoms with van der Waals surface area (Å²) in [5.74, 6) is 0. The lowest BCUT2D eigenvalue weighted by atomic mass is 9.72. The van der Waals surface area contributed by atoms with E-state index in [-0.39, 0.29) is 11.5 Å². The van der Waals surface area contributed by atoms with Crippen molar-refractivity contribution in [3.63, 3.8) is 0 Å². The van der Waals surface area contributed by atoms with Gasteiger partial charge in [0.15, 0.2) is 0 Å². The Morgan fingerprint density at radius 1 is 1.07 bits per heavy atom. The van der Waals surface area contributed by atoms with Crippen LogP contribution in [0.3, 0.4) is 0 Å². The minimum atomic E-state index is -0.496. The number of piperidine rings is 1. The Balaban J connectivity index is 1.56. The second kappa shape index (κ2) is 6.29. The Bertz CT molecular complexity index is 956. The van der Waals surface area contributed by atoms with E-state index < -0.39 is 6.10 Å². The fourth-order valence-corrected chi connectivity index (χ4v) is 4.83. The first-order chi connectivity index (χ1) is 13.2. The van der Waals surface area contributed by atoms with E-state index >= 15 is 0 Å². The molecule has 2 N–H and O–H groups in total. The Hall–Kier alpha value is -2.50. The van der Waals surface area contributed by atoms with Gasteiger partial charge in [0, 0.05) is 11.0 Å². The van der Waals surface area contributed by atoms with Gasteiger partial charge in [-0.3, -0.25) is 0 Å². The van der Waals surface area contributed by atoms with Crippen molar-refractivity contribution in [3.8, 4) is 11.3 Å². The van der Waals surface area contributed by atoms with Crippen LogP contribution in [0.4, 0.5) is 0 Å². The summed E-state index contributed by atoms with van der Waals surface area (Å²) in [5, 5.41) is 23.7. The molecule has 1 aliphatic carbocycles. The summed E-state index contributed by atoms with van der Waals surface area (Å²) in [6.45, 7) is 3.94. The van der Waals surface area contributed by atoms with E-state index in [1.807, 2.05) is 10.9 Å². The second-order valence-corrected chi connectivity index (χ2v) is 7.83. The summed E-state index contributed by atoms with van der Waals surface area (Å²) in [6.07, 6.45) is 3.36. The number of rotatable bonds is 2. The number of aromatic nitrogens is 3. The molecule has 5 rings (SSSR count). The maximum atomic E-state index is 11.4. The van der Waals surface area contributed by atoms with Crippen molar-refractivity contribution in [1.82, 2.24) is 20.3 Å². The Morgan fingerprint density at radius 2 is 1.81 bits per heavy atom. The van der Waals surface area contributed by atoms with E-state index in [1.165, 1.54) is 16.7 Å². The van der Waals surface area contributed by atoms with Gasteiger partial charge in [-0.25, -0.2) is 4.68 Å². The highest BCUT2D eigenvalue weighted by molar-refractivity contribution is 5.58. The molecule has 1 spiro atoms. The second-order valence-electron chi connectivity index (χ2n) is 7.83. The van der Waals surface area contributed by atoms with Gasteiger partial charge in [0.1, 0.15) is 11.7 Å². The number of aryl methyl sites for hydroxylation is 1. The standard InChI is InChI=1S/C22H24N4O/c1-15-6-8-16(9-7-15)19-14-26(25-24-19)20-17-4-2-3-5-18(17)22(21(20)27)10-12-23-13-11-22/h2-9,14,20-21,23,27H,10-13H2,1H3. The van der Waals surface area contributed by atoms with Crippen molar-refractivity contribution >= 4 is 0 Å². The summed E-state index contributed by atoms with van der Waals surface area (Å²) in [6, 6.07) is 16.6. The zero-order valence-corrected chi connectivity index (χ0v) is 15.5. The van der Waals surface area contributed by atoms with E-state index in [9.17, 15) is 5.11 Å². The molecular weight excluding hydrogens is 336 g/mol. The molecule has 2 unspecified atom stereocenters. The molecule has 0 amide bonds. The minimum absolute atomic E-state index is 0.189. The van der Waals surface area contributed by atoms with E-state index in [0.717, 1.165) is 37.2 Å². The number of fused-ring (bicyclic) bond motifs is 2. The molecule has 2 atom stereocenters. The van der Waals surface area contributed by atoms with Crippen molar-refractivity contribution in [3.05, 3.63) is 71.4 Å². The predicted molar refractivity (Wildman–Crippen MR) is 105 cm³/mol.